The summed E-state index contributed by atoms with van der Waals surface area (Å²) in [5.74, 6) is -1.44. The summed E-state index contributed by atoms with van der Waals surface area (Å²) in [6.07, 6.45) is 0. The maximum atomic E-state index is 11.4. The summed E-state index contributed by atoms with van der Waals surface area (Å²) in [5, 5.41) is 10.9. The average Bonchev–Trinajstić information content (AvgIpc) is 2.51. The third-order valence-electron chi connectivity index (χ3n) is 1.67. The highest BCUT2D eigenvalue weighted by molar-refractivity contribution is 7.11. The van der Waals surface area contributed by atoms with Crippen LogP contribution in [-0.2, 0) is 4.79 Å². The van der Waals surface area contributed by atoms with Crippen LogP contribution in [0.4, 0.5) is 0 Å². The monoisotopic (exact) mass is 214 g/mol. The molecule has 1 heterocycles. The molecule has 0 saturated heterocycles. The number of thiazole rings is 1. The van der Waals surface area contributed by atoms with Crippen LogP contribution in [0.3, 0.4) is 0 Å². The molecule has 0 aliphatic heterocycles. The molecule has 6 heteroatoms. The van der Waals surface area contributed by atoms with Crippen LogP contribution < -0.4 is 5.32 Å². The Morgan fingerprint density at radius 1 is 1.64 bits per heavy atom. The van der Waals surface area contributed by atoms with Crippen molar-refractivity contribution in [1.82, 2.24) is 10.3 Å². The van der Waals surface area contributed by atoms with Crippen LogP contribution >= 0.6 is 11.3 Å². The molecule has 0 aliphatic carbocycles. The minimum absolute atomic E-state index is 0.389. The zero-order valence-electron chi connectivity index (χ0n) is 7.77. The number of carbonyl (C=O) groups excluding carboxylic acids is 1. The number of hydrogen-bond acceptors (Lipinski definition) is 4. The van der Waals surface area contributed by atoms with E-state index in [1.54, 1.807) is 12.4 Å². The molecule has 0 fully saturated rings. The van der Waals surface area contributed by atoms with Gasteiger partial charge in [0.1, 0.15) is 10.9 Å². The fraction of sp³-hybridized carbons (Fsp3) is 0.375. The summed E-state index contributed by atoms with van der Waals surface area (Å²) in [4.78, 5) is 26.3. The van der Waals surface area contributed by atoms with Crippen molar-refractivity contribution >= 4 is 23.2 Å². The summed E-state index contributed by atoms with van der Waals surface area (Å²) in [7, 11) is 0. The maximum Gasteiger partial charge on any atom is 0.325 e. The molecule has 5 nitrogen and oxygen atoms in total. The molecule has 0 aliphatic rings. The van der Waals surface area contributed by atoms with Crippen LogP contribution in [0.15, 0.2) is 5.51 Å². The van der Waals surface area contributed by atoms with Gasteiger partial charge in [0.2, 0.25) is 0 Å². The lowest BCUT2D eigenvalue weighted by Gasteiger charge is -2.07. The van der Waals surface area contributed by atoms with Gasteiger partial charge in [-0.25, -0.2) is 4.98 Å². The van der Waals surface area contributed by atoms with Gasteiger partial charge in [-0.15, -0.1) is 11.3 Å². The lowest BCUT2D eigenvalue weighted by Crippen LogP contribution is -2.38. The summed E-state index contributed by atoms with van der Waals surface area (Å²) in [6.45, 7) is 3.12. The second-order valence-electron chi connectivity index (χ2n) is 2.80. The number of amides is 1. The van der Waals surface area contributed by atoms with Crippen LogP contribution in [0.5, 0.6) is 0 Å². The van der Waals surface area contributed by atoms with Crippen molar-refractivity contribution < 1.29 is 14.7 Å². The fourth-order valence-electron chi connectivity index (χ4n) is 0.844. The average molecular weight is 214 g/mol. The number of aromatic nitrogens is 1. The summed E-state index contributed by atoms with van der Waals surface area (Å²) in [6, 6.07) is -0.885. The number of aryl methyl sites for hydroxylation is 1. The quantitative estimate of drug-likeness (QED) is 0.774. The molecule has 76 valence electrons. The van der Waals surface area contributed by atoms with Gasteiger partial charge in [0.05, 0.1) is 11.2 Å². The first-order chi connectivity index (χ1) is 6.52. The Morgan fingerprint density at radius 2 is 2.29 bits per heavy atom. The molecule has 1 atom stereocenters. The third-order valence-corrected chi connectivity index (χ3v) is 2.60. The zero-order valence-corrected chi connectivity index (χ0v) is 8.59. The number of rotatable bonds is 3. The highest BCUT2D eigenvalue weighted by atomic mass is 32.1. The topological polar surface area (TPSA) is 79.3 Å². The van der Waals surface area contributed by atoms with Gasteiger partial charge >= 0.3 is 5.97 Å². The lowest BCUT2D eigenvalue weighted by atomic mass is 10.3. The summed E-state index contributed by atoms with van der Waals surface area (Å²) in [5.41, 5.74) is 2.17. The van der Waals surface area contributed by atoms with Gasteiger partial charge in [-0.1, -0.05) is 0 Å². The fourth-order valence-corrected chi connectivity index (χ4v) is 1.55. The molecule has 1 aromatic heterocycles. The molecule has 1 aromatic rings. The Hall–Kier alpha value is -1.43. The highest BCUT2D eigenvalue weighted by Gasteiger charge is 2.17. The Bertz CT molecular complexity index is 361. The van der Waals surface area contributed by atoms with Gasteiger partial charge in [-0.05, 0) is 13.8 Å². The smallest absolute Gasteiger partial charge is 0.325 e. The van der Waals surface area contributed by atoms with E-state index in [0.717, 1.165) is 0 Å². The van der Waals surface area contributed by atoms with Crippen molar-refractivity contribution in [3.8, 4) is 0 Å². The van der Waals surface area contributed by atoms with Crippen molar-refractivity contribution in [2.24, 2.45) is 0 Å². The van der Waals surface area contributed by atoms with Crippen LogP contribution in [0, 0.1) is 6.92 Å². The molecule has 2 N–H and O–H groups in total. The molecule has 0 radical (unpaired) electrons. The molecular weight excluding hydrogens is 204 g/mol. The SMILES string of the molecule is Cc1ncsc1C(=O)N[C@H](C)C(=O)O. The minimum atomic E-state index is -1.06. The second kappa shape index (κ2) is 4.19. The lowest BCUT2D eigenvalue weighted by molar-refractivity contribution is -0.138. The molecule has 14 heavy (non-hydrogen) atoms. The largest absolute Gasteiger partial charge is 0.480 e. The number of carbonyl (C=O) groups is 2. The van der Waals surface area contributed by atoms with E-state index in [0.29, 0.717) is 10.6 Å². The van der Waals surface area contributed by atoms with Crippen molar-refractivity contribution in [2.75, 3.05) is 0 Å². The molecule has 1 rings (SSSR count). The third kappa shape index (κ3) is 2.29. The van der Waals surface area contributed by atoms with E-state index in [1.807, 2.05) is 0 Å². The zero-order chi connectivity index (χ0) is 10.7. The van der Waals surface area contributed by atoms with E-state index in [-0.39, 0.29) is 5.91 Å². The molecule has 0 spiro atoms. The first-order valence-electron chi connectivity index (χ1n) is 3.96. The highest BCUT2D eigenvalue weighted by Crippen LogP contribution is 2.11. The van der Waals surface area contributed by atoms with Crippen LogP contribution in [0.1, 0.15) is 22.3 Å². The van der Waals surface area contributed by atoms with E-state index < -0.39 is 12.0 Å². The predicted molar refractivity (Wildman–Crippen MR) is 51.4 cm³/mol. The summed E-state index contributed by atoms with van der Waals surface area (Å²) >= 11 is 1.20. The Balaban J connectivity index is 2.69. The van der Waals surface area contributed by atoms with Crippen molar-refractivity contribution in [2.45, 2.75) is 19.9 Å². The molecule has 1 amide bonds. The maximum absolute atomic E-state index is 11.4. The van der Waals surface area contributed by atoms with E-state index in [1.165, 1.54) is 18.3 Å². The van der Waals surface area contributed by atoms with Gasteiger partial charge in [0, 0.05) is 0 Å². The number of aliphatic carboxylic acids is 1. The predicted octanol–water partition coefficient (Wildman–Crippen LogP) is 0.654. The number of nitrogens with zero attached hydrogens (tertiary/aromatic N) is 1. The first kappa shape index (κ1) is 10.6. The van der Waals surface area contributed by atoms with Crippen molar-refractivity contribution in [3.05, 3.63) is 16.1 Å². The van der Waals surface area contributed by atoms with Crippen molar-refractivity contribution in [3.63, 3.8) is 0 Å². The van der Waals surface area contributed by atoms with E-state index >= 15 is 0 Å². The van der Waals surface area contributed by atoms with Crippen molar-refractivity contribution in [1.29, 1.82) is 0 Å². The second-order valence-corrected chi connectivity index (χ2v) is 3.66. The number of hydrogen-bond donors (Lipinski definition) is 2. The molecule has 0 saturated carbocycles. The van der Waals surface area contributed by atoms with Gasteiger partial charge < -0.3 is 10.4 Å². The molecule has 0 unspecified atom stereocenters. The van der Waals surface area contributed by atoms with Gasteiger partial charge in [0.15, 0.2) is 0 Å². The normalized spacial score (nSPS) is 12.1. The van der Waals surface area contributed by atoms with Crippen LogP contribution in [0.25, 0.3) is 0 Å². The number of nitrogens with one attached hydrogen (secondary N) is 1. The van der Waals surface area contributed by atoms with E-state index in [2.05, 4.69) is 10.3 Å². The number of carboxylic acids is 1. The van der Waals surface area contributed by atoms with Crippen LogP contribution in [-0.4, -0.2) is 28.0 Å². The Kier molecular flexibility index (Phi) is 3.19. The first-order valence-corrected chi connectivity index (χ1v) is 4.84. The Morgan fingerprint density at radius 3 is 2.71 bits per heavy atom. The van der Waals surface area contributed by atoms with Crippen LogP contribution in [0.2, 0.25) is 0 Å². The van der Waals surface area contributed by atoms with E-state index in [9.17, 15) is 9.59 Å². The number of carboxylic acid groups (broad SMARTS) is 1. The standard InChI is InChI=1S/C8H10N2O3S/c1-4-6(14-3-9-4)7(11)10-5(2)8(12)13/h3,5H,1-2H3,(H,10,11)(H,12,13)/t5-/m1/s1. The van der Waals surface area contributed by atoms with Gasteiger partial charge in [-0.3, -0.25) is 9.59 Å². The van der Waals surface area contributed by atoms with Gasteiger partial charge in [-0.2, -0.15) is 0 Å². The molecule has 0 aromatic carbocycles. The molecule has 0 bridgehead atoms. The molecular formula is C8H10N2O3S. The summed E-state index contributed by atoms with van der Waals surface area (Å²) < 4.78 is 0. The minimum Gasteiger partial charge on any atom is -0.480 e. The van der Waals surface area contributed by atoms with Gasteiger partial charge in [0.25, 0.3) is 5.91 Å². The Labute approximate surface area is 84.8 Å². The van der Waals surface area contributed by atoms with E-state index in [4.69, 9.17) is 5.11 Å².